The minimum Gasteiger partial charge on any atom is -0.650 e. The van der Waals surface area contributed by atoms with Gasteiger partial charge in [0.2, 0.25) is 5.91 Å². The Kier molecular flexibility index (Phi) is 9.50. The molecule has 0 bridgehead atoms. The topological polar surface area (TPSA) is 76.4 Å². The number of carbonyl (C=O) groups is 2. The first kappa shape index (κ1) is 25.0. The monoisotopic (exact) mass is 436 g/mol. The summed E-state index contributed by atoms with van der Waals surface area (Å²) in [4.78, 5) is 30.8. The predicted octanol–water partition coefficient (Wildman–Crippen LogP) is 0.966. The molecule has 7 heteroatoms. The van der Waals surface area contributed by atoms with Crippen LogP contribution in [0.15, 0.2) is 67.0 Å². The van der Waals surface area contributed by atoms with E-state index in [1.807, 2.05) is 11.0 Å². The molecule has 1 N–H and O–H groups in total. The van der Waals surface area contributed by atoms with Crippen molar-refractivity contribution in [3.8, 4) is 0 Å². The van der Waals surface area contributed by atoms with E-state index < -0.39 is 0 Å². The molecule has 6 nitrogen and oxygen atoms in total. The van der Waals surface area contributed by atoms with Gasteiger partial charge in [-0.05, 0) is 41.3 Å². The predicted molar refractivity (Wildman–Crippen MR) is 127 cm³/mol. The van der Waals surface area contributed by atoms with Crippen molar-refractivity contribution >= 4 is 22.6 Å². The van der Waals surface area contributed by atoms with Gasteiger partial charge in [0.15, 0.2) is 0 Å². The average molecular weight is 436 g/mol. The summed E-state index contributed by atoms with van der Waals surface area (Å²) in [5, 5.41) is 9.92. The molecule has 166 valence electrons. The van der Waals surface area contributed by atoms with Gasteiger partial charge in [0, 0.05) is 32.0 Å². The van der Waals surface area contributed by atoms with Gasteiger partial charge in [-0.15, -0.1) is 6.54 Å². The molecule has 1 fully saturated rings. The van der Waals surface area contributed by atoms with Crippen molar-refractivity contribution in [1.82, 2.24) is 15.2 Å². The van der Waals surface area contributed by atoms with Crippen LogP contribution in [-0.2, 0) is 11.2 Å². The van der Waals surface area contributed by atoms with Gasteiger partial charge in [-0.25, -0.2) is 0 Å². The number of fused-ring (bicyclic) bond motifs is 1. The van der Waals surface area contributed by atoms with Crippen LogP contribution in [0.4, 0.5) is 0 Å². The maximum atomic E-state index is 12.9. The fraction of sp³-hybridized carbons (Fsp3) is 0.346. The fourth-order valence-electron chi connectivity index (χ4n) is 4.09. The summed E-state index contributed by atoms with van der Waals surface area (Å²) >= 11 is 0. The molecular formula is C26H29LiN4O2. The van der Waals surface area contributed by atoms with E-state index in [1.165, 1.54) is 16.3 Å². The summed E-state index contributed by atoms with van der Waals surface area (Å²) < 4.78 is 0. The second-order valence-electron chi connectivity index (χ2n) is 8.17. The van der Waals surface area contributed by atoms with Gasteiger partial charge in [0.1, 0.15) is 0 Å². The van der Waals surface area contributed by atoms with E-state index in [0.717, 1.165) is 32.2 Å². The van der Waals surface area contributed by atoms with E-state index in [1.54, 1.807) is 24.5 Å². The first-order chi connectivity index (χ1) is 15.7. The molecule has 0 radical (unpaired) electrons. The van der Waals surface area contributed by atoms with Crippen molar-refractivity contribution in [3.63, 3.8) is 0 Å². The number of aromatic nitrogens is 1. The van der Waals surface area contributed by atoms with Crippen LogP contribution in [-0.4, -0.2) is 53.9 Å². The maximum absolute atomic E-state index is 12.9. The van der Waals surface area contributed by atoms with Crippen LogP contribution in [0.25, 0.3) is 16.1 Å². The third-order valence-electron chi connectivity index (χ3n) is 5.91. The minimum absolute atomic E-state index is 0. The van der Waals surface area contributed by atoms with E-state index >= 15 is 0 Å². The molecular weight excluding hydrogens is 407 g/mol. The average Bonchev–Trinajstić information content (AvgIpc) is 2.84. The number of pyridine rings is 1. The molecule has 33 heavy (non-hydrogen) atoms. The number of nitrogens with zero attached hydrogens (tertiary/aromatic N) is 3. The summed E-state index contributed by atoms with van der Waals surface area (Å²) in [5.74, 6) is 0.0211. The van der Waals surface area contributed by atoms with Crippen LogP contribution in [0.2, 0.25) is 0 Å². The minimum atomic E-state index is -0.255. The van der Waals surface area contributed by atoms with Crippen molar-refractivity contribution in [2.45, 2.75) is 31.7 Å². The van der Waals surface area contributed by atoms with E-state index in [2.05, 4.69) is 52.0 Å². The first-order valence-electron chi connectivity index (χ1n) is 11.3. The zero-order valence-electron chi connectivity index (χ0n) is 19.2. The van der Waals surface area contributed by atoms with Crippen molar-refractivity contribution in [1.29, 1.82) is 0 Å². The number of hydrogen-bond acceptors (Lipinski definition) is 3. The van der Waals surface area contributed by atoms with Crippen LogP contribution in [0.3, 0.4) is 0 Å². The van der Waals surface area contributed by atoms with Gasteiger partial charge >= 0.3 is 18.9 Å². The summed E-state index contributed by atoms with van der Waals surface area (Å²) in [7, 11) is 0. The number of carbonyl (C=O) groups excluding carboxylic acids is 2. The number of hydrogen-bond donors (Lipinski definition) is 1. The second-order valence-corrected chi connectivity index (χ2v) is 8.17. The molecule has 1 atom stereocenters. The van der Waals surface area contributed by atoms with Crippen LogP contribution < -0.4 is 24.2 Å². The Morgan fingerprint density at radius 3 is 2.76 bits per heavy atom. The molecule has 1 aliphatic heterocycles. The largest absolute Gasteiger partial charge is 1.00 e. The molecule has 2 aromatic carbocycles. The number of unbranched alkanes of at least 4 members (excludes halogenated alkanes) is 1. The van der Waals surface area contributed by atoms with Crippen LogP contribution >= 0.6 is 0 Å². The van der Waals surface area contributed by atoms with Crippen LogP contribution in [0.1, 0.15) is 35.2 Å². The first-order valence-corrected chi connectivity index (χ1v) is 11.3. The van der Waals surface area contributed by atoms with E-state index in [9.17, 15) is 9.59 Å². The van der Waals surface area contributed by atoms with Gasteiger partial charge in [0.05, 0.1) is 5.56 Å². The Hall–Kier alpha value is -2.65. The normalized spacial score (nSPS) is 15.8. The molecule has 1 saturated heterocycles. The summed E-state index contributed by atoms with van der Waals surface area (Å²) in [6, 6.07) is 18.1. The number of piperazine rings is 1. The molecule has 1 aromatic heterocycles. The van der Waals surface area contributed by atoms with E-state index in [4.69, 9.17) is 0 Å². The van der Waals surface area contributed by atoms with E-state index in [0.29, 0.717) is 25.2 Å². The van der Waals surface area contributed by atoms with Gasteiger partial charge < -0.3 is 15.5 Å². The smallest absolute Gasteiger partial charge is 0.650 e. The summed E-state index contributed by atoms with van der Waals surface area (Å²) in [6.45, 7) is 2.71. The fourth-order valence-corrected chi connectivity index (χ4v) is 4.09. The molecule has 1 aliphatic rings. The molecule has 4 rings (SSSR count). The molecule has 2 amide bonds. The molecule has 0 saturated carbocycles. The van der Waals surface area contributed by atoms with Crippen LogP contribution in [0, 0.1) is 0 Å². The van der Waals surface area contributed by atoms with Crippen molar-refractivity contribution in [2.24, 2.45) is 0 Å². The van der Waals surface area contributed by atoms with Gasteiger partial charge in [-0.1, -0.05) is 61.3 Å². The summed E-state index contributed by atoms with van der Waals surface area (Å²) in [5.41, 5.74) is 1.81. The maximum Gasteiger partial charge on any atom is 1.00 e. The molecule has 3 aromatic rings. The standard InChI is InChI=1S/C26H29N4O2.Li/c31-25(23-8-5-13-27-19-23)29-14-4-3-9-24-26(32)30(17-15-28-24)16-12-20-10-11-21-6-1-2-7-22(21)18-20;/h1-2,5-8,10-11,13,18-19,24H,3-4,9,12,14-17H2,(H,29,31);/q-1;+1/t24-;/m0./s1. The van der Waals surface area contributed by atoms with Gasteiger partial charge in [0.25, 0.3) is 5.91 Å². The molecule has 0 unspecified atom stereocenters. The Bertz CT molecular complexity index is 1060. The molecule has 0 aliphatic carbocycles. The quantitative estimate of drug-likeness (QED) is 0.401. The molecule has 2 heterocycles. The van der Waals surface area contributed by atoms with Crippen molar-refractivity contribution in [3.05, 3.63) is 83.4 Å². The van der Waals surface area contributed by atoms with Crippen molar-refractivity contribution in [2.75, 3.05) is 26.2 Å². The number of benzene rings is 2. The Morgan fingerprint density at radius 1 is 1.09 bits per heavy atom. The zero-order valence-corrected chi connectivity index (χ0v) is 19.2. The van der Waals surface area contributed by atoms with Gasteiger partial charge in [-0.3, -0.25) is 14.6 Å². The summed E-state index contributed by atoms with van der Waals surface area (Å²) in [6.07, 6.45) is 6.46. The Labute approximate surface area is 207 Å². The molecule has 0 spiro atoms. The number of amides is 2. The number of nitrogens with one attached hydrogen (secondary N) is 1. The second kappa shape index (κ2) is 12.6. The van der Waals surface area contributed by atoms with E-state index in [-0.39, 0.29) is 36.7 Å². The van der Waals surface area contributed by atoms with Crippen molar-refractivity contribution < 1.29 is 28.4 Å². The van der Waals surface area contributed by atoms with Gasteiger partial charge in [-0.2, -0.15) is 0 Å². The Morgan fingerprint density at radius 2 is 1.94 bits per heavy atom. The third kappa shape index (κ3) is 6.91. The van der Waals surface area contributed by atoms with Crippen LogP contribution in [0.5, 0.6) is 0 Å². The zero-order chi connectivity index (χ0) is 22.2. The third-order valence-corrected chi connectivity index (χ3v) is 5.91. The number of rotatable bonds is 9. The SMILES string of the molecule is O=C(NCCCC[C@@H]1[N-]CCN(CCc2ccc3ccccc3c2)C1=O)c1cccnc1.[Li+]. The Balaban J connectivity index is 0.00000306.